The number of Topliss-reactive ketones (excluding diaryl/α,β-unsaturated/α-hetero) is 1. The lowest BCUT2D eigenvalue weighted by molar-refractivity contribution is -0.143. The van der Waals surface area contributed by atoms with E-state index in [1.807, 2.05) is 20.8 Å². The molecule has 1 aliphatic heterocycles. The molecule has 2 N–H and O–H groups in total. The summed E-state index contributed by atoms with van der Waals surface area (Å²) in [6, 6.07) is 12.8. The number of nitriles is 1. The summed E-state index contributed by atoms with van der Waals surface area (Å²) in [6.07, 6.45) is -0.773. The van der Waals surface area contributed by atoms with Crippen LogP contribution in [-0.2, 0) is 35.6 Å². The van der Waals surface area contributed by atoms with Gasteiger partial charge in [-0.05, 0) is 68.5 Å². The number of esters is 2. The van der Waals surface area contributed by atoms with E-state index < -0.39 is 76.4 Å². The Labute approximate surface area is 334 Å². The fraction of sp³-hybridized carbons (Fsp3) is 0.439. The summed E-state index contributed by atoms with van der Waals surface area (Å²) in [5.41, 5.74) is -2.60. The van der Waals surface area contributed by atoms with E-state index in [4.69, 9.17) is 42.1 Å². The number of amides is 1. The zero-order chi connectivity index (χ0) is 41.6. The van der Waals surface area contributed by atoms with Gasteiger partial charge in [-0.25, -0.2) is 18.4 Å². The number of benzene rings is 3. The number of carbonyl (C=O) groups is 4. The van der Waals surface area contributed by atoms with Crippen molar-refractivity contribution in [1.29, 1.82) is 5.26 Å². The Balaban J connectivity index is 1.58. The van der Waals surface area contributed by atoms with Crippen molar-refractivity contribution >= 4 is 47.0 Å². The Morgan fingerprint density at radius 2 is 1.66 bits per heavy atom. The predicted octanol–water partition coefficient (Wildman–Crippen LogP) is 7.64. The molecular weight excluding hydrogens is 771 g/mol. The lowest BCUT2D eigenvalue weighted by Gasteiger charge is -2.37. The molecule has 1 saturated heterocycles. The maximum absolute atomic E-state index is 16.0. The standard InChI is InChI=1S/C41H45Cl2F2N3O8/c1-39(2,3)20-32-41(22-46,27-14-13-25(42)19-29(27)44)34(26-9-8-10-28(43)35(26)45)36(48-32)30(49)17-23-11-12-24(18-31(23)53-7)37(51)55-16-15-54-33(50)21-47-38(52)56-40(4,5)6/h8-14,18-19,32,34,36,48H,15-17,20-21H2,1-7H3,(H,47,52)/t32-,34-,36-,41-/m0/s1. The summed E-state index contributed by atoms with van der Waals surface area (Å²) in [6.45, 7) is 9.82. The molecule has 11 nitrogen and oxygen atoms in total. The van der Waals surface area contributed by atoms with Crippen molar-refractivity contribution < 1.29 is 46.9 Å². The van der Waals surface area contributed by atoms with Crippen molar-refractivity contribution in [2.75, 3.05) is 26.9 Å². The number of alkyl carbamates (subject to hydrolysis) is 1. The van der Waals surface area contributed by atoms with Crippen molar-refractivity contribution in [3.05, 3.63) is 98.5 Å². The Morgan fingerprint density at radius 1 is 0.964 bits per heavy atom. The highest BCUT2D eigenvalue weighted by Crippen LogP contribution is 2.53. The fourth-order valence-corrected chi connectivity index (χ4v) is 7.15. The highest BCUT2D eigenvalue weighted by Gasteiger charge is 2.61. The molecule has 3 aromatic carbocycles. The van der Waals surface area contributed by atoms with Crippen LogP contribution >= 0.6 is 23.2 Å². The van der Waals surface area contributed by atoms with Crippen LogP contribution in [0.1, 0.15) is 80.9 Å². The summed E-state index contributed by atoms with van der Waals surface area (Å²) in [4.78, 5) is 51.0. The number of nitrogens with one attached hydrogen (secondary N) is 2. The topological polar surface area (TPSA) is 153 Å². The van der Waals surface area contributed by atoms with Crippen molar-refractivity contribution in [1.82, 2.24) is 10.6 Å². The smallest absolute Gasteiger partial charge is 0.408 e. The number of nitrogens with zero attached hydrogens (tertiary/aromatic N) is 1. The molecule has 1 amide bonds. The second kappa shape index (κ2) is 18.0. The molecule has 1 heterocycles. The van der Waals surface area contributed by atoms with Gasteiger partial charge in [-0.1, -0.05) is 68.2 Å². The van der Waals surface area contributed by atoms with Crippen LogP contribution in [0.4, 0.5) is 13.6 Å². The molecule has 0 aromatic heterocycles. The van der Waals surface area contributed by atoms with Crippen LogP contribution < -0.4 is 15.4 Å². The first kappa shape index (κ1) is 44.0. The molecule has 15 heteroatoms. The maximum atomic E-state index is 16.0. The van der Waals surface area contributed by atoms with Crippen molar-refractivity contribution in [2.45, 2.75) is 83.4 Å². The number of ketones is 1. The summed E-state index contributed by atoms with van der Waals surface area (Å²) >= 11 is 12.4. The second-order valence-corrected chi connectivity index (χ2v) is 16.4. The quantitative estimate of drug-likeness (QED) is 0.100. The maximum Gasteiger partial charge on any atom is 0.408 e. The van der Waals surface area contributed by atoms with Gasteiger partial charge in [0.05, 0.1) is 29.8 Å². The summed E-state index contributed by atoms with van der Waals surface area (Å²) in [5.74, 6) is -4.70. The summed E-state index contributed by atoms with van der Waals surface area (Å²) in [5, 5.41) is 16.5. The van der Waals surface area contributed by atoms with Crippen LogP contribution in [0.25, 0.3) is 0 Å². The molecule has 0 bridgehead atoms. The summed E-state index contributed by atoms with van der Waals surface area (Å²) in [7, 11) is 1.35. The minimum Gasteiger partial charge on any atom is -0.496 e. The number of carbonyl (C=O) groups excluding carboxylic acids is 4. The molecule has 1 aliphatic rings. The van der Waals surface area contributed by atoms with Crippen LogP contribution in [0.5, 0.6) is 5.75 Å². The third-order valence-corrected chi connectivity index (χ3v) is 9.57. The van der Waals surface area contributed by atoms with Crippen molar-refractivity contribution in [2.24, 2.45) is 5.41 Å². The number of rotatable bonds is 13. The molecular formula is C41H45Cl2F2N3O8. The minimum absolute atomic E-state index is 0.0364. The van der Waals surface area contributed by atoms with Gasteiger partial charge in [0, 0.05) is 34.5 Å². The number of halogens is 4. The Morgan fingerprint density at radius 3 is 2.29 bits per heavy atom. The molecule has 4 atom stereocenters. The first-order chi connectivity index (χ1) is 26.2. The fourth-order valence-electron chi connectivity index (χ4n) is 6.81. The minimum atomic E-state index is -1.80. The first-order valence-electron chi connectivity index (χ1n) is 17.8. The van der Waals surface area contributed by atoms with Crippen LogP contribution in [0, 0.1) is 28.4 Å². The van der Waals surface area contributed by atoms with E-state index in [2.05, 4.69) is 16.7 Å². The molecule has 56 heavy (non-hydrogen) atoms. The van der Waals surface area contributed by atoms with Crippen LogP contribution in [-0.4, -0.2) is 68.4 Å². The number of ether oxygens (including phenoxy) is 4. The van der Waals surface area contributed by atoms with Gasteiger partial charge in [0.25, 0.3) is 0 Å². The van der Waals surface area contributed by atoms with Crippen LogP contribution in [0.3, 0.4) is 0 Å². The molecule has 0 spiro atoms. The molecule has 300 valence electrons. The molecule has 0 saturated carbocycles. The SMILES string of the molecule is COc1cc(C(=O)OCCOC(=O)CNC(=O)OC(C)(C)C)ccc1CC(=O)[C@@H]1N[C@@H](CC(C)(C)C)[C@](C#N)(c2ccc(Cl)cc2F)[C@H]1c1cccc(Cl)c1F. The highest BCUT2D eigenvalue weighted by atomic mass is 35.5. The normalized spacial score (nSPS) is 19.4. The van der Waals surface area contributed by atoms with Crippen molar-refractivity contribution in [3.8, 4) is 11.8 Å². The Bertz CT molecular complexity index is 2010. The van der Waals surface area contributed by atoms with Gasteiger partial charge in [-0.3, -0.25) is 9.59 Å². The van der Waals surface area contributed by atoms with E-state index in [9.17, 15) is 24.4 Å². The number of hydrogen-bond acceptors (Lipinski definition) is 10. The zero-order valence-electron chi connectivity index (χ0n) is 32.2. The molecule has 0 aliphatic carbocycles. The molecule has 1 fully saturated rings. The third kappa shape index (κ3) is 10.5. The third-order valence-electron chi connectivity index (χ3n) is 9.04. The van der Waals surface area contributed by atoms with Gasteiger partial charge >= 0.3 is 18.0 Å². The predicted molar refractivity (Wildman–Crippen MR) is 205 cm³/mol. The van der Waals surface area contributed by atoms with E-state index in [-0.39, 0.29) is 52.1 Å². The first-order valence-corrected chi connectivity index (χ1v) is 18.5. The van der Waals surface area contributed by atoms with Crippen molar-refractivity contribution in [3.63, 3.8) is 0 Å². The average Bonchev–Trinajstić information content (AvgIpc) is 3.42. The van der Waals surface area contributed by atoms with Gasteiger partial charge in [0.2, 0.25) is 0 Å². The van der Waals surface area contributed by atoms with E-state index in [0.29, 0.717) is 12.0 Å². The molecule has 0 radical (unpaired) electrons. The second-order valence-electron chi connectivity index (χ2n) is 15.6. The van der Waals surface area contributed by atoms with Gasteiger partial charge < -0.3 is 29.6 Å². The van der Waals surface area contributed by atoms with E-state index in [0.717, 1.165) is 6.07 Å². The van der Waals surface area contributed by atoms with Gasteiger partial charge in [-0.15, -0.1) is 0 Å². The molecule has 0 unspecified atom stereocenters. The monoisotopic (exact) mass is 815 g/mol. The average molecular weight is 817 g/mol. The van der Waals surface area contributed by atoms with Crippen LogP contribution in [0.2, 0.25) is 10.0 Å². The van der Waals surface area contributed by atoms with Crippen LogP contribution in [0.15, 0.2) is 54.6 Å². The highest BCUT2D eigenvalue weighted by molar-refractivity contribution is 6.31. The molecule has 4 rings (SSSR count). The van der Waals surface area contributed by atoms with Gasteiger partial charge in [-0.2, -0.15) is 5.26 Å². The number of methoxy groups -OCH3 is 1. The Kier molecular flexibility index (Phi) is 14.1. The molecule has 3 aromatic rings. The number of hydrogen-bond donors (Lipinski definition) is 2. The lowest BCUT2D eigenvalue weighted by atomic mass is 9.62. The van der Waals surface area contributed by atoms with E-state index in [1.54, 1.807) is 20.8 Å². The van der Waals surface area contributed by atoms with E-state index in [1.165, 1.54) is 55.6 Å². The zero-order valence-corrected chi connectivity index (χ0v) is 33.7. The van der Waals surface area contributed by atoms with Gasteiger partial charge in [0.1, 0.15) is 48.2 Å². The van der Waals surface area contributed by atoms with Gasteiger partial charge in [0.15, 0.2) is 5.78 Å². The summed E-state index contributed by atoms with van der Waals surface area (Å²) < 4.78 is 52.8. The largest absolute Gasteiger partial charge is 0.496 e. The Hall–Kier alpha value is -4.77. The lowest BCUT2D eigenvalue weighted by Crippen LogP contribution is -2.44. The van der Waals surface area contributed by atoms with E-state index >= 15 is 8.78 Å².